The molecular weight excluding hydrogens is 314 g/mol. The number of carbonyl (C=O) groups is 2. The van der Waals surface area contributed by atoms with Gasteiger partial charge in [-0.05, 0) is 17.5 Å². The van der Waals surface area contributed by atoms with Crippen molar-refractivity contribution in [1.29, 1.82) is 0 Å². The van der Waals surface area contributed by atoms with E-state index in [4.69, 9.17) is 16.3 Å². The molecule has 5 heteroatoms. The number of rotatable bonds is 7. The Labute approximate surface area is 140 Å². The quantitative estimate of drug-likeness (QED) is 0.622. The molecule has 0 saturated heterocycles. The van der Waals surface area contributed by atoms with Crippen LogP contribution < -0.4 is 5.32 Å². The molecule has 1 N–H and O–H groups in total. The lowest BCUT2D eigenvalue weighted by atomic mass is 10.1. The Morgan fingerprint density at radius 3 is 2.13 bits per heavy atom. The van der Waals surface area contributed by atoms with Gasteiger partial charge in [-0.15, -0.1) is 0 Å². The van der Waals surface area contributed by atoms with Crippen molar-refractivity contribution in [1.82, 2.24) is 5.32 Å². The first kappa shape index (κ1) is 17.0. The number of Topliss-reactive ketones (excluding diaryl/α,β-unsaturated/α-hetero) is 1. The molecule has 120 valence electrons. The smallest absolute Gasteiger partial charge is 0.408 e. The van der Waals surface area contributed by atoms with Crippen molar-refractivity contribution in [2.45, 2.75) is 24.9 Å². The third-order valence-corrected chi connectivity index (χ3v) is 3.60. The summed E-state index contributed by atoms with van der Waals surface area (Å²) in [6.07, 6.45) is 0.141. The fourth-order valence-electron chi connectivity index (χ4n) is 1.99. The lowest BCUT2D eigenvalue weighted by Crippen LogP contribution is -2.37. The number of alkyl carbamates (subject to hydrolysis) is 1. The Bertz CT molecular complexity index is 631. The molecule has 0 aliphatic carbocycles. The maximum absolute atomic E-state index is 11.9. The lowest BCUT2D eigenvalue weighted by molar-refractivity contribution is -0.119. The molecule has 1 unspecified atom stereocenters. The standard InChI is InChI=1S/C18H18ClNO3/c19-17(16(21)12-11-14-7-3-1-4-8-14)20-18(22)23-13-15-9-5-2-6-10-15/h1-10,17H,11-13H2,(H,20,22). The van der Waals surface area contributed by atoms with E-state index in [9.17, 15) is 9.59 Å². The Morgan fingerprint density at radius 2 is 1.52 bits per heavy atom. The van der Waals surface area contributed by atoms with Crippen molar-refractivity contribution in [2.75, 3.05) is 0 Å². The average molecular weight is 332 g/mol. The molecule has 0 saturated carbocycles. The second-order valence-electron chi connectivity index (χ2n) is 5.02. The first-order valence-electron chi connectivity index (χ1n) is 7.33. The van der Waals surface area contributed by atoms with Crippen LogP contribution in [0.4, 0.5) is 4.79 Å². The number of nitrogens with one attached hydrogen (secondary N) is 1. The highest BCUT2D eigenvalue weighted by atomic mass is 35.5. The van der Waals surface area contributed by atoms with Crippen molar-refractivity contribution in [3.05, 3.63) is 71.8 Å². The Kier molecular flexibility index (Phi) is 6.63. The van der Waals surface area contributed by atoms with Crippen LogP contribution in [0, 0.1) is 0 Å². The molecule has 4 nitrogen and oxygen atoms in total. The monoisotopic (exact) mass is 331 g/mol. The predicted molar refractivity (Wildman–Crippen MR) is 89.2 cm³/mol. The van der Waals surface area contributed by atoms with Crippen LogP contribution in [-0.4, -0.2) is 17.4 Å². The molecule has 23 heavy (non-hydrogen) atoms. The summed E-state index contributed by atoms with van der Waals surface area (Å²) in [6, 6.07) is 18.9. The molecule has 0 fully saturated rings. The Balaban J connectivity index is 1.71. The van der Waals surface area contributed by atoms with Gasteiger partial charge < -0.3 is 4.74 Å². The number of halogens is 1. The average Bonchev–Trinajstić information content (AvgIpc) is 2.59. The summed E-state index contributed by atoms with van der Waals surface area (Å²) in [5.74, 6) is -0.243. The van der Waals surface area contributed by atoms with Crippen molar-refractivity contribution in [2.24, 2.45) is 0 Å². The molecule has 2 aromatic rings. The van der Waals surface area contributed by atoms with Crippen molar-refractivity contribution < 1.29 is 14.3 Å². The molecule has 1 atom stereocenters. The van der Waals surface area contributed by atoms with Gasteiger partial charge in [-0.3, -0.25) is 10.1 Å². The molecular formula is C18H18ClNO3. The summed E-state index contributed by atoms with van der Waals surface area (Å²) in [7, 11) is 0. The Morgan fingerprint density at radius 1 is 0.957 bits per heavy atom. The van der Waals surface area contributed by atoms with Gasteiger partial charge in [-0.1, -0.05) is 72.3 Å². The second kappa shape index (κ2) is 8.96. The number of alkyl halides is 1. The number of benzene rings is 2. The zero-order chi connectivity index (χ0) is 16.5. The van der Waals surface area contributed by atoms with Gasteiger partial charge in [0.25, 0.3) is 0 Å². The van der Waals surface area contributed by atoms with Crippen LogP contribution in [0.25, 0.3) is 0 Å². The summed E-state index contributed by atoms with van der Waals surface area (Å²) < 4.78 is 5.02. The summed E-state index contributed by atoms with van der Waals surface area (Å²) in [4.78, 5) is 23.6. The van der Waals surface area contributed by atoms with Gasteiger partial charge in [0.05, 0.1) is 0 Å². The third-order valence-electron chi connectivity index (χ3n) is 3.24. The van der Waals surface area contributed by atoms with Crippen LogP contribution in [0.5, 0.6) is 0 Å². The lowest BCUT2D eigenvalue weighted by Gasteiger charge is -2.11. The van der Waals surface area contributed by atoms with E-state index in [1.165, 1.54) is 0 Å². The number of hydrogen-bond donors (Lipinski definition) is 1. The van der Waals surface area contributed by atoms with Gasteiger partial charge in [0.15, 0.2) is 11.3 Å². The van der Waals surface area contributed by atoms with Crippen LogP contribution >= 0.6 is 11.6 Å². The van der Waals surface area contributed by atoms with Crippen LogP contribution in [-0.2, 0) is 22.6 Å². The molecule has 0 heterocycles. The van der Waals surface area contributed by atoms with Crippen molar-refractivity contribution in [3.8, 4) is 0 Å². The first-order valence-corrected chi connectivity index (χ1v) is 7.77. The van der Waals surface area contributed by atoms with Gasteiger partial charge in [0, 0.05) is 6.42 Å². The van der Waals surface area contributed by atoms with Gasteiger partial charge in [-0.25, -0.2) is 4.79 Å². The minimum absolute atomic E-state index is 0.133. The fraction of sp³-hybridized carbons (Fsp3) is 0.222. The predicted octanol–water partition coefficient (Wildman–Crippen LogP) is 3.68. The molecule has 0 bridgehead atoms. The molecule has 0 spiro atoms. The first-order chi connectivity index (χ1) is 11.1. The van der Waals surface area contributed by atoms with E-state index in [0.29, 0.717) is 6.42 Å². The van der Waals surface area contributed by atoms with E-state index >= 15 is 0 Å². The van der Waals surface area contributed by atoms with Gasteiger partial charge in [-0.2, -0.15) is 0 Å². The van der Waals surface area contributed by atoms with Crippen LogP contribution in [0.15, 0.2) is 60.7 Å². The molecule has 0 aliphatic rings. The highest BCUT2D eigenvalue weighted by Gasteiger charge is 2.18. The maximum atomic E-state index is 11.9. The van der Waals surface area contributed by atoms with Gasteiger partial charge >= 0.3 is 6.09 Å². The largest absolute Gasteiger partial charge is 0.445 e. The van der Waals surface area contributed by atoms with Crippen LogP contribution in [0.1, 0.15) is 17.5 Å². The highest BCUT2D eigenvalue weighted by molar-refractivity contribution is 6.31. The minimum atomic E-state index is -1.08. The zero-order valence-electron chi connectivity index (χ0n) is 12.6. The summed E-state index contributed by atoms with van der Waals surface area (Å²) in [6.45, 7) is 0.133. The highest BCUT2D eigenvalue weighted by Crippen LogP contribution is 2.07. The van der Waals surface area contributed by atoms with E-state index in [-0.39, 0.29) is 18.8 Å². The fourth-order valence-corrected chi connectivity index (χ4v) is 2.19. The molecule has 1 amide bonds. The normalized spacial score (nSPS) is 11.5. The maximum Gasteiger partial charge on any atom is 0.408 e. The van der Waals surface area contributed by atoms with Crippen LogP contribution in [0.3, 0.4) is 0 Å². The SMILES string of the molecule is O=C(NC(Cl)C(=O)CCc1ccccc1)OCc1ccccc1. The van der Waals surface area contributed by atoms with Crippen molar-refractivity contribution >= 4 is 23.5 Å². The molecule has 2 rings (SSSR count). The molecule has 0 aromatic heterocycles. The summed E-state index contributed by atoms with van der Waals surface area (Å²) >= 11 is 5.91. The van der Waals surface area contributed by atoms with E-state index in [1.54, 1.807) is 0 Å². The van der Waals surface area contributed by atoms with Gasteiger partial charge in [0.1, 0.15) is 6.61 Å². The van der Waals surface area contributed by atoms with E-state index < -0.39 is 11.6 Å². The Hall–Kier alpha value is -2.33. The topological polar surface area (TPSA) is 55.4 Å². The summed E-state index contributed by atoms with van der Waals surface area (Å²) in [5.41, 5.74) is 0.836. The zero-order valence-corrected chi connectivity index (χ0v) is 13.3. The minimum Gasteiger partial charge on any atom is -0.445 e. The molecule has 2 aromatic carbocycles. The second-order valence-corrected chi connectivity index (χ2v) is 5.46. The van der Waals surface area contributed by atoms with E-state index in [0.717, 1.165) is 11.1 Å². The number of amides is 1. The number of ether oxygens (including phenoxy) is 1. The van der Waals surface area contributed by atoms with Gasteiger partial charge in [0.2, 0.25) is 0 Å². The number of hydrogen-bond acceptors (Lipinski definition) is 3. The number of ketones is 1. The van der Waals surface area contributed by atoms with E-state index in [1.807, 2.05) is 60.7 Å². The number of carbonyl (C=O) groups excluding carboxylic acids is 2. The third kappa shape index (κ3) is 6.12. The van der Waals surface area contributed by atoms with E-state index in [2.05, 4.69) is 5.32 Å². The number of aryl methyl sites for hydroxylation is 1. The van der Waals surface area contributed by atoms with Crippen LogP contribution in [0.2, 0.25) is 0 Å². The summed E-state index contributed by atoms with van der Waals surface area (Å²) in [5, 5.41) is 2.34. The van der Waals surface area contributed by atoms with Crippen molar-refractivity contribution in [3.63, 3.8) is 0 Å². The molecule has 0 radical (unpaired) electrons. The molecule has 0 aliphatic heterocycles.